The maximum absolute atomic E-state index is 6.34. The molecule has 0 unspecified atom stereocenters. The number of benzene rings is 2. The van der Waals surface area contributed by atoms with Crippen LogP contribution in [0.15, 0.2) is 78.9 Å². The number of ether oxygens (including phenoxy) is 2. The first kappa shape index (κ1) is 45.6. The molecule has 0 aliphatic carbocycles. The second-order valence-electron chi connectivity index (χ2n) is 19.5. The number of aromatic nitrogens is 4. The lowest BCUT2D eigenvalue weighted by atomic mass is 10.0. The van der Waals surface area contributed by atoms with E-state index in [1.807, 2.05) is 0 Å². The average molecular weight is 849 g/mol. The summed E-state index contributed by atoms with van der Waals surface area (Å²) in [4.78, 5) is 18.4. The molecule has 63 heavy (non-hydrogen) atoms. The summed E-state index contributed by atoms with van der Waals surface area (Å²) in [6, 6.07) is 27.9. The highest BCUT2D eigenvalue weighted by molar-refractivity contribution is 5.94. The van der Waals surface area contributed by atoms with Gasteiger partial charge in [0.25, 0.3) is 0 Å². The van der Waals surface area contributed by atoms with Gasteiger partial charge in [-0.1, -0.05) is 82.6 Å². The maximum Gasteiger partial charge on any atom is 0.119 e. The number of aromatic amines is 2. The molecular formula is C55H72N6O2+2. The van der Waals surface area contributed by atoms with Crippen molar-refractivity contribution in [1.29, 1.82) is 0 Å². The Bertz CT molecular complexity index is 2470. The van der Waals surface area contributed by atoms with Crippen molar-refractivity contribution < 1.29 is 18.4 Å². The Morgan fingerprint density at radius 1 is 0.492 bits per heavy atom. The summed E-state index contributed by atoms with van der Waals surface area (Å²) >= 11 is 0. The maximum atomic E-state index is 6.34. The third-order valence-corrected chi connectivity index (χ3v) is 11.9. The number of fused-ring (bicyclic) bond motifs is 8. The molecule has 0 spiro atoms. The molecule has 0 saturated carbocycles. The highest BCUT2D eigenvalue weighted by Gasteiger charge is 2.17. The van der Waals surface area contributed by atoms with Gasteiger partial charge >= 0.3 is 0 Å². The van der Waals surface area contributed by atoms with Crippen molar-refractivity contribution in [1.82, 2.24) is 19.9 Å². The Kier molecular flexibility index (Phi) is 15.4. The smallest absolute Gasteiger partial charge is 0.119 e. The average Bonchev–Trinajstić information content (AvgIpc) is 4.09. The highest BCUT2D eigenvalue weighted by atomic mass is 16.5. The Labute approximate surface area is 376 Å². The molecular weight excluding hydrogens is 777 g/mol. The third-order valence-electron chi connectivity index (χ3n) is 11.9. The van der Waals surface area contributed by atoms with E-state index in [0.29, 0.717) is 13.2 Å². The molecule has 0 amide bonds. The first-order valence-corrected chi connectivity index (χ1v) is 23.6. The number of hydrogen-bond acceptors (Lipinski definition) is 4. The molecule has 332 valence electrons. The van der Waals surface area contributed by atoms with Crippen LogP contribution >= 0.6 is 0 Å². The van der Waals surface area contributed by atoms with E-state index in [1.165, 1.54) is 56.9 Å². The van der Waals surface area contributed by atoms with E-state index < -0.39 is 0 Å². The molecule has 2 aliphatic heterocycles. The van der Waals surface area contributed by atoms with E-state index in [9.17, 15) is 0 Å². The van der Waals surface area contributed by atoms with Crippen LogP contribution in [0.2, 0.25) is 0 Å². The topological polar surface area (TPSA) is 75.8 Å². The summed E-state index contributed by atoms with van der Waals surface area (Å²) in [5.74, 6) is 1.74. The van der Waals surface area contributed by atoms with Crippen LogP contribution in [0.5, 0.6) is 11.5 Å². The molecule has 8 bridgehead atoms. The van der Waals surface area contributed by atoms with E-state index in [1.54, 1.807) is 0 Å². The summed E-state index contributed by atoms with van der Waals surface area (Å²) < 4.78 is 14.5. The molecule has 0 saturated heterocycles. The first-order valence-electron chi connectivity index (χ1n) is 23.6. The lowest BCUT2D eigenvalue weighted by Crippen LogP contribution is -2.36. The fraction of sp³-hybridized carbons (Fsp3) is 0.418. The Morgan fingerprint density at radius 3 is 1.63 bits per heavy atom. The molecule has 2 aromatic carbocycles. The van der Waals surface area contributed by atoms with E-state index in [4.69, 9.17) is 19.4 Å². The zero-order chi connectivity index (χ0) is 44.2. The normalized spacial score (nSPS) is 12.6. The molecule has 8 nitrogen and oxygen atoms in total. The van der Waals surface area contributed by atoms with Crippen LogP contribution in [-0.2, 0) is 6.42 Å². The molecule has 0 atom stereocenters. The number of aryl methyl sites for hydroxylation is 1. The molecule has 2 aliphatic rings. The van der Waals surface area contributed by atoms with Crippen LogP contribution in [-0.4, -0.2) is 97.5 Å². The molecule has 5 aromatic rings. The zero-order valence-corrected chi connectivity index (χ0v) is 39.2. The lowest BCUT2D eigenvalue weighted by Gasteiger charge is -2.23. The molecule has 0 radical (unpaired) electrons. The van der Waals surface area contributed by atoms with Gasteiger partial charge in [0, 0.05) is 51.6 Å². The minimum absolute atomic E-state index is 0.675. The number of unbranched alkanes of at least 4 members (excludes halogenated alkanes) is 8. The van der Waals surface area contributed by atoms with E-state index in [-0.39, 0.29) is 0 Å². The quantitative estimate of drug-likeness (QED) is 0.0526. The second-order valence-corrected chi connectivity index (χ2v) is 19.5. The predicted molar refractivity (Wildman–Crippen MR) is 267 cm³/mol. The molecule has 0 fully saturated rings. The number of rotatable bonds is 22. The SMILES string of the molecule is CCCCCCCCCCCc1c2nc(c(-c3cccc(OCCC[N+](C)(C)C)c3)c3ccc(cc4nc(c(-c5cccc(OCCC[N+](C)(C)C)c5)c5ccc1[nH]5)C=C4)[nH]3)C=C2. The van der Waals surface area contributed by atoms with Crippen molar-refractivity contribution in [2.24, 2.45) is 0 Å². The van der Waals surface area contributed by atoms with Crippen molar-refractivity contribution in [2.75, 3.05) is 68.6 Å². The first-order chi connectivity index (χ1) is 30.4. The van der Waals surface area contributed by atoms with Gasteiger partial charge in [-0.15, -0.1) is 0 Å². The van der Waals surface area contributed by atoms with Gasteiger partial charge in [-0.25, -0.2) is 9.97 Å². The van der Waals surface area contributed by atoms with Gasteiger partial charge in [-0.05, 0) is 103 Å². The van der Waals surface area contributed by atoms with Gasteiger partial charge < -0.3 is 28.4 Å². The van der Waals surface area contributed by atoms with E-state index in [2.05, 4.69) is 162 Å². The van der Waals surface area contributed by atoms with Crippen LogP contribution in [0, 0.1) is 0 Å². The molecule has 3 aromatic heterocycles. The minimum Gasteiger partial charge on any atom is -0.493 e. The fourth-order valence-corrected chi connectivity index (χ4v) is 8.62. The van der Waals surface area contributed by atoms with Crippen molar-refractivity contribution in [3.05, 3.63) is 107 Å². The van der Waals surface area contributed by atoms with Gasteiger partial charge in [-0.3, -0.25) is 0 Å². The third kappa shape index (κ3) is 13.1. The highest BCUT2D eigenvalue weighted by Crippen LogP contribution is 2.36. The summed E-state index contributed by atoms with van der Waals surface area (Å²) in [6.07, 6.45) is 23.1. The van der Waals surface area contributed by atoms with Crippen molar-refractivity contribution in [3.63, 3.8) is 0 Å². The summed E-state index contributed by atoms with van der Waals surface area (Å²) in [7, 11) is 13.3. The monoisotopic (exact) mass is 849 g/mol. The van der Waals surface area contributed by atoms with Crippen molar-refractivity contribution in [3.8, 4) is 33.8 Å². The van der Waals surface area contributed by atoms with Gasteiger partial charge in [0.2, 0.25) is 0 Å². The summed E-state index contributed by atoms with van der Waals surface area (Å²) in [5.41, 5.74) is 13.3. The number of hydrogen-bond donors (Lipinski definition) is 2. The van der Waals surface area contributed by atoms with E-state index >= 15 is 0 Å². The number of nitrogens with one attached hydrogen (secondary N) is 2. The van der Waals surface area contributed by atoms with Crippen LogP contribution < -0.4 is 9.47 Å². The largest absolute Gasteiger partial charge is 0.493 e. The fourth-order valence-electron chi connectivity index (χ4n) is 8.62. The number of quaternary nitrogens is 2. The number of H-pyrrole nitrogens is 2. The van der Waals surface area contributed by atoms with Crippen molar-refractivity contribution in [2.45, 2.75) is 84.0 Å². The van der Waals surface area contributed by atoms with Gasteiger partial charge in [0.1, 0.15) is 11.5 Å². The molecule has 7 rings (SSSR count). The van der Waals surface area contributed by atoms with Crippen LogP contribution in [0.1, 0.15) is 106 Å². The molecule has 2 N–H and O–H groups in total. The van der Waals surface area contributed by atoms with Gasteiger partial charge in [-0.2, -0.15) is 0 Å². The second kappa shape index (κ2) is 21.3. The van der Waals surface area contributed by atoms with Crippen molar-refractivity contribution >= 4 is 46.4 Å². The van der Waals surface area contributed by atoms with Gasteiger partial charge in [0.15, 0.2) is 0 Å². The standard InChI is InChI=1S/C55H72N6O2/c1-8-9-10-11-12-13-14-15-16-25-47-48-30-32-52(58-48)54(41-21-17-23-45(38-41)62-36-19-34-60(2,3)4)50-28-26-43(56-50)40-44-27-29-51(57-44)55(53-33-31-49(47)59-53)42-22-18-24-46(39-42)63-37-20-35-61(5,6)7/h17-18,21-24,26-33,38-40,56,59H,8-16,19-20,25,34-37H2,1-7H3/q+2. The Morgan fingerprint density at radius 2 is 1.02 bits per heavy atom. The Balaban J connectivity index is 1.32. The van der Waals surface area contributed by atoms with Crippen LogP contribution in [0.25, 0.3) is 68.6 Å². The zero-order valence-electron chi connectivity index (χ0n) is 39.2. The predicted octanol–water partition coefficient (Wildman–Crippen LogP) is 13.0. The van der Waals surface area contributed by atoms with Crippen LogP contribution in [0.3, 0.4) is 0 Å². The molecule has 8 heteroatoms. The molecule has 5 heterocycles. The van der Waals surface area contributed by atoms with Crippen LogP contribution in [0.4, 0.5) is 0 Å². The van der Waals surface area contributed by atoms with Gasteiger partial charge in [0.05, 0.1) is 91.4 Å². The minimum atomic E-state index is 0.675. The van der Waals surface area contributed by atoms with E-state index in [0.717, 1.165) is 126 Å². The Hall–Kier alpha value is -5.44. The summed E-state index contributed by atoms with van der Waals surface area (Å²) in [5, 5.41) is 0. The number of nitrogens with zero attached hydrogens (tertiary/aromatic N) is 4. The summed E-state index contributed by atoms with van der Waals surface area (Å²) in [6.45, 7) is 5.74. The lowest BCUT2D eigenvalue weighted by molar-refractivity contribution is -0.870.